The largest absolute Gasteiger partial charge is 0.294 e. The van der Waals surface area contributed by atoms with Crippen LogP contribution in [-0.4, -0.2) is 47.4 Å². The summed E-state index contributed by atoms with van der Waals surface area (Å²) in [5.74, 6) is 1.89. The number of thioether (sulfide) groups is 1. The van der Waals surface area contributed by atoms with E-state index in [9.17, 15) is 9.59 Å². The van der Waals surface area contributed by atoms with Crippen molar-refractivity contribution in [3.63, 3.8) is 0 Å². The predicted molar refractivity (Wildman–Crippen MR) is 50.5 cm³/mol. The third-order valence-corrected chi connectivity index (χ3v) is 3.54. The first-order valence-electron chi connectivity index (χ1n) is 4.40. The van der Waals surface area contributed by atoms with Gasteiger partial charge in [-0.15, -0.1) is 0 Å². The maximum absolute atomic E-state index is 11.1. The molecule has 1 N–H and O–H groups in total. The van der Waals surface area contributed by atoms with Crippen molar-refractivity contribution in [3.05, 3.63) is 0 Å². The van der Waals surface area contributed by atoms with Crippen LogP contribution in [0.2, 0.25) is 0 Å². The number of hydrogen-bond acceptors (Lipinski definition) is 4. The fourth-order valence-corrected chi connectivity index (χ4v) is 2.98. The SMILES string of the molecule is O=C1CN(C2CCSC2)CC(=O)N1. The fourth-order valence-electron chi connectivity index (χ4n) is 1.73. The van der Waals surface area contributed by atoms with Gasteiger partial charge in [-0.1, -0.05) is 0 Å². The Morgan fingerprint density at radius 2 is 2.00 bits per heavy atom. The van der Waals surface area contributed by atoms with Crippen LogP contribution >= 0.6 is 11.8 Å². The molecule has 0 saturated carbocycles. The summed E-state index contributed by atoms with van der Waals surface area (Å²) >= 11 is 1.89. The highest BCUT2D eigenvalue weighted by Gasteiger charge is 2.30. The summed E-state index contributed by atoms with van der Waals surface area (Å²) in [4.78, 5) is 24.1. The summed E-state index contributed by atoms with van der Waals surface area (Å²) < 4.78 is 0. The van der Waals surface area contributed by atoms with E-state index >= 15 is 0 Å². The molecular weight excluding hydrogens is 188 g/mol. The van der Waals surface area contributed by atoms with E-state index in [1.54, 1.807) is 0 Å². The monoisotopic (exact) mass is 200 g/mol. The molecular formula is C8H12N2O2S. The summed E-state index contributed by atoms with van der Waals surface area (Å²) in [6.07, 6.45) is 1.10. The van der Waals surface area contributed by atoms with Crippen LogP contribution in [0.3, 0.4) is 0 Å². The Balaban J connectivity index is 1.97. The first-order chi connectivity index (χ1) is 6.25. The van der Waals surface area contributed by atoms with Gasteiger partial charge in [-0.05, 0) is 12.2 Å². The average molecular weight is 200 g/mol. The van der Waals surface area contributed by atoms with Crippen molar-refractivity contribution in [1.29, 1.82) is 0 Å². The van der Waals surface area contributed by atoms with Crippen molar-refractivity contribution in [2.75, 3.05) is 24.6 Å². The van der Waals surface area contributed by atoms with Crippen molar-refractivity contribution in [3.8, 4) is 0 Å². The minimum atomic E-state index is -0.159. The molecule has 4 nitrogen and oxygen atoms in total. The number of carbonyl (C=O) groups excluding carboxylic acids is 2. The zero-order valence-electron chi connectivity index (χ0n) is 7.28. The van der Waals surface area contributed by atoms with Crippen molar-refractivity contribution in [2.45, 2.75) is 12.5 Å². The Bertz CT molecular complexity index is 222. The van der Waals surface area contributed by atoms with Crippen LogP contribution in [0.25, 0.3) is 0 Å². The van der Waals surface area contributed by atoms with Crippen LogP contribution in [0, 0.1) is 0 Å². The molecule has 2 fully saturated rings. The van der Waals surface area contributed by atoms with Gasteiger partial charge in [-0.3, -0.25) is 19.8 Å². The second-order valence-corrected chi connectivity index (χ2v) is 4.54. The molecule has 0 bridgehead atoms. The molecule has 0 radical (unpaired) electrons. The third kappa shape index (κ3) is 2.03. The van der Waals surface area contributed by atoms with E-state index in [2.05, 4.69) is 5.32 Å². The summed E-state index contributed by atoms with van der Waals surface area (Å²) in [5, 5.41) is 2.31. The van der Waals surface area contributed by atoms with Gasteiger partial charge in [0, 0.05) is 11.8 Å². The Morgan fingerprint density at radius 1 is 1.31 bits per heavy atom. The predicted octanol–water partition coefficient (Wildman–Crippen LogP) is -0.550. The molecule has 2 amide bonds. The maximum atomic E-state index is 11.1. The Kier molecular flexibility index (Phi) is 2.55. The van der Waals surface area contributed by atoms with E-state index in [0.29, 0.717) is 19.1 Å². The summed E-state index contributed by atoms with van der Waals surface area (Å²) in [6, 6.07) is 0.431. The van der Waals surface area contributed by atoms with Gasteiger partial charge in [0.1, 0.15) is 0 Å². The molecule has 2 aliphatic rings. The number of nitrogens with one attached hydrogen (secondary N) is 1. The molecule has 2 aliphatic heterocycles. The minimum Gasteiger partial charge on any atom is -0.294 e. The van der Waals surface area contributed by atoms with E-state index in [1.807, 2.05) is 16.7 Å². The first-order valence-corrected chi connectivity index (χ1v) is 5.55. The van der Waals surface area contributed by atoms with E-state index in [4.69, 9.17) is 0 Å². The molecule has 0 aromatic carbocycles. The van der Waals surface area contributed by atoms with Gasteiger partial charge in [-0.2, -0.15) is 11.8 Å². The van der Waals surface area contributed by atoms with Crippen LogP contribution in [0.4, 0.5) is 0 Å². The Morgan fingerprint density at radius 3 is 2.54 bits per heavy atom. The second-order valence-electron chi connectivity index (χ2n) is 3.39. The third-order valence-electron chi connectivity index (χ3n) is 2.39. The van der Waals surface area contributed by atoms with Gasteiger partial charge >= 0.3 is 0 Å². The fraction of sp³-hybridized carbons (Fsp3) is 0.750. The number of rotatable bonds is 1. The molecule has 2 saturated heterocycles. The second kappa shape index (κ2) is 3.67. The number of amides is 2. The summed E-state index contributed by atoms with van der Waals surface area (Å²) in [7, 11) is 0. The molecule has 1 unspecified atom stereocenters. The van der Waals surface area contributed by atoms with Gasteiger partial charge in [0.2, 0.25) is 11.8 Å². The summed E-state index contributed by atoms with van der Waals surface area (Å²) in [5.41, 5.74) is 0. The lowest BCUT2D eigenvalue weighted by molar-refractivity contribution is -0.136. The van der Waals surface area contributed by atoms with Crippen LogP contribution < -0.4 is 5.32 Å². The zero-order chi connectivity index (χ0) is 9.26. The molecule has 0 aliphatic carbocycles. The van der Waals surface area contributed by atoms with Gasteiger partial charge in [0.05, 0.1) is 13.1 Å². The molecule has 2 heterocycles. The van der Waals surface area contributed by atoms with Crippen molar-refractivity contribution in [2.24, 2.45) is 0 Å². The molecule has 72 valence electrons. The van der Waals surface area contributed by atoms with Crippen molar-refractivity contribution in [1.82, 2.24) is 10.2 Å². The highest BCUT2D eigenvalue weighted by molar-refractivity contribution is 7.99. The maximum Gasteiger partial charge on any atom is 0.240 e. The lowest BCUT2D eigenvalue weighted by atomic mass is 10.2. The normalized spacial score (nSPS) is 30.6. The first kappa shape index (κ1) is 9.02. The van der Waals surface area contributed by atoms with E-state index < -0.39 is 0 Å². The van der Waals surface area contributed by atoms with E-state index in [-0.39, 0.29) is 11.8 Å². The Hall–Kier alpha value is -0.550. The molecule has 0 spiro atoms. The van der Waals surface area contributed by atoms with Gasteiger partial charge in [-0.25, -0.2) is 0 Å². The highest BCUT2D eigenvalue weighted by Crippen LogP contribution is 2.22. The molecule has 5 heteroatoms. The van der Waals surface area contributed by atoms with E-state index in [0.717, 1.165) is 17.9 Å². The Labute approximate surface area is 81.0 Å². The lowest BCUT2D eigenvalue weighted by Gasteiger charge is -2.30. The number of nitrogens with zero attached hydrogens (tertiary/aromatic N) is 1. The zero-order valence-corrected chi connectivity index (χ0v) is 8.10. The minimum absolute atomic E-state index is 0.159. The van der Waals surface area contributed by atoms with Gasteiger partial charge in [0.15, 0.2) is 0 Å². The van der Waals surface area contributed by atoms with Crippen molar-refractivity contribution < 1.29 is 9.59 Å². The van der Waals surface area contributed by atoms with Gasteiger partial charge < -0.3 is 0 Å². The number of piperazine rings is 1. The van der Waals surface area contributed by atoms with Gasteiger partial charge in [0.25, 0.3) is 0 Å². The van der Waals surface area contributed by atoms with Crippen LogP contribution in [0.5, 0.6) is 0 Å². The molecule has 13 heavy (non-hydrogen) atoms. The van der Waals surface area contributed by atoms with Crippen LogP contribution in [-0.2, 0) is 9.59 Å². The smallest absolute Gasteiger partial charge is 0.240 e. The molecule has 0 aromatic heterocycles. The van der Waals surface area contributed by atoms with E-state index in [1.165, 1.54) is 0 Å². The standard InChI is InChI=1S/C8H12N2O2S/c11-7-3-10(4-8(12)9-7)6-1-2-13-5-6/h6H,1-5H2,(H,9,11,12). The van der Waals surface area contributed by atoms with Crippen LogP contribution in [0.1, 0.15) is 6.42 Å². The quantitative estimate of drug-likeness (QED) is 0.577. The van der Waals surface area contributed by atoms with Crippen molar-refractivity contribution >= 4 is 23.6 Å². The molecule has 2 rings (SSSR count). The number of carbonyl (C=O) groups is 2. The highest BCUT2D eigenvalue weighted by atomic mass is 32.2. The molecule has 1 atom stereocenters. The lowest BCUT2D eigenvalue weighted by Crippen LogP contribution is -2.54. The number of hydrogen-bond donors (Lipinski definition) is 1. The number of imide groups is 1. The average Bonchev–Trinajstić information content (AvgIpc) is 2.53. The van der Waals surface area contributed by atoms with Crippen LogP contribution in [0.15, 0.2) is 0 Å². The molecule has 0 aromatic rings. The summed E-state index contributed by atoms with van der Waals surface area (Å²) in [6.45, 7) is 0.772. The topological polar surface area (TPSA) is 49.4 Å².